The minimum atomic E-state index is -0.639. The van der Waals surface area contributed by atoms with Gasteiger partial charge in [0.2, 0.25) is 5.97 Å². The molecule has 0 aliphatic heterocycles. The SMILES string of the molecule is CC(=O)OOC(C)=O.CC(C)=CCC/C(C)=C/CN.CC(C)=CCC/C(C)=C/CN(C)C.CC(C)=O.[B-]OC(C)=O.[Na+]. The van der Waals surface area contributed by atoms with Gasteiger partial charge in [-0.05, 0) is 95.2 Å². The van der Waals surface area contributed by atoms with Crippen molar-refractivity contribution in [2.24, 2.45) is 5.73 Å². The molecule has 0 atom stereocenters. The summed E-state index contributed by atoms with van der Waals surface area (Å²) in [5.74, 6) is -1.58. The normalized spacial score (nSPS) is 9.62. The van der Waals surface area contributed by atoms with E-state index in [2.05, 4.69) is 107 Å². The molecule has 0 saturated carbocycles. The summed E-state index contributed by atoms with van der Waals surface area (Å²) >= 11 is 0. The summed E-state index contributed by atoms with van der Waals surface area (Å²) in [6.45, 7) is 21.2. The average molecular weight is 604 g/mol. The predicted octanol–water partition coefficient (Wildman–Crippen LogP) is 3.14. The minimum absolute atomic E-state index is 0. The summed E-state index contributed by atoms with van der Waals surface area (Å²) in [6, 6.07) is 0. The van der Waals surface area contributed by atoms with Crippen molar-refractivity contribution < 1.29 is 63.2 Å². The van der Waals surface area contributed by atoms with E-state index in [1.807, 2.05) is 0 Å². The molecule has 9 nitrogen and oxygen atoms in total. The second-order valence-electron chi connectivity index (χ2n) is 9.91. The third-order valence-electron chi connectivity index (χ3n) is 3.90. The van der Waals surface area contributed by atoms with Crippen molar-refractivity contribution in [3.8, 4) is 0 Å². The molecule has 0 saturated heterocycles. The van der Waals surface area contributed by atoms with Gasteiger partial charge in [0, 0.05) is 33.9 Å². The number of nitrogens with two attached hydrogens (primary N) is 1. The second-order valence-corrected chi connectivity index (χ2v) is 9.91. The van der Waals surface area contributed by atoms with E-state index in [0.717, 1.165) is 33.2 Å². The monoisotopic (exact) mass is 603 g/mol. The molecule has 11 heteroatoms. The van der Waals surface area contributed by atoms with Crippen molar-refractivity contribution in [1.29, 1.82) is 0 Å². The third-order valence-corrected chi connectivity index (χ3v) is 3.90. The van der Waals surface area contributed by atoms with Crippen molar-refractivity contribution in [3.63, 3.8) is 0 Å². The zero-order valence-corrected chi connectivity index (χ0v) is 31.0. The van der Waals surface area contributed by atoms with Gasteiger partial charge in [-0.15, -0.1) is 0 Å². The van der Waals surface area contributed by atoms with Gasteiger partial charge in [-0.25, -0.2) is 19.4 Å². The third kappa shape index (κ3) is 83.2. The Morgan fingerprint density at radius 3 is 1.17 bits per heavy atom. The largest absolute Gasteiger partial charge is 1.00 e. The van der Waals surface area contributed by atoms with Crippen LogP contribution < -0.4 is 35.3 Å². The first-order chi connectivity index (χ1) is 18.8. The Hall–Kier alpha value is -1.98. The molecule has 0 aliphatic carbocycles. The van der Waals surface area contributed by atoms with Gasteiger partial charge in [0.1, 0.15) is 5.78 Å². The maximum atomic E-state index is 9.85. The maximum Gasteiger partial charge on any atom is 1.00 e. The van der Waals surface area contributed by atoms with Crippen LogP contribution in [-0.4, -0.2) is 63.8 Å². The fourth-order valence-electron chi connectivity index (χ4n) is 2.04. The summed E-state index contributed by atoms with van der Waals surface area (Å²) in [4.78, 5) is 48.4. The Labute approximate surface area is 280 Å². The van der Waals surface area contributed by atoms with Gasteiger partial charge in [0.05, 0.1) is 0 Å². The number of likely N-dealkylation sites (N-methyl/N-ethyl adjacent to an activating group) is 1. The van der Waals surface area contributed by atoms with Crippen LogP contribution in [0.4, 0.5) is 0 Å². The Bertz CT molecular complexity index is 811. The van der Waals surface area contributed by atoms with E-state index in [-0.39, 0.29) is 35.3 Å². The molecule has 0 aromatic rings. The van der Waals surface area contributed by atoms with Crippen molar-refractivity contribution in [2.75, 3.05) is 27.2 Å². The number of rotatable bonds is 9. The van der Waals surface area contributed by atoms with Gasteiger partial charge >= 0.3 is 41.5 Å². The van der Waals surface area contributed by atoms with Gasteiger partial charge < -0.3 is 28.1 Å². The van der Waals surface area contributed by atoms with E-state index in [1.165, 1.54) is 55.9 Å². The fourth-order valence-corrected chi connectivity index (χ4v) is 2.04. The van der Waals surface area contributed by atoms with Crippen molar-refractivity contribution in [1.82, 2.24) is 4.90 Å². The number of hydrogen-bond acceptors (Lipinski definition) is 9. The van der Waals surface area contributed by atoms with Crippen molar-refractivity contribution in [3.05, 3.63) is 46.6 Å². The Morgan fingerprint density at radius 1 is 0.643 bits per heavy atom. The molecule has 0 fully saturated rings. The summed E-state index contributed by atoms with van der Waals surface area (Å²) in [5, 5.41) is 0. The van der Waals surface area contributed by atoms with Crippen LogP contribution in [0.2, 0.25) is 0 Å². The van der Waals surface area contributed by atoms with E-state index in [4.69, 9.17) is 5.73 Å². The first kappa shape index (κ1) is 52.7. The van der Waals surface area contributed by atoms with Gasteiger partial charge in [0.15, 0.2) is 0 Å². The Kier molecular flexibility index (Phi) is 48.9. The van der Waals surface area contributed by atoms with Gasteiger partial charge in [-0.1, -0.05) is 46.6 Å². The van der Waals surface area contributed by atoms with Crippen LogP contribution in [0.1, 0.15) is 102 Å². The zero-order chi connectivity index (χ0) is 33.4. The summed E-state index contributed by atoms with van der Waals surface area (Å²) in [7, 11) is 8.52. The van der Waals surface area contributed by atoms with Crippen LogP contribution in [0, 0.1) is 0 Å². The number of allylic oxidation sites excluding steroid dienone is 6. The second kappa shape index (κ2) is 39.0. The van der Waals surface area contributed by atoms with Crippen molar-refractivity contribution >= 4 is 31.7 Å². The number of carbonyl (C=O) groups excluding carboxylic acids is 4. The van der Waals surface area contributed by atoms with E-state index < -0.39 is 17.9 Å². The van der Waals surface area contributed by atoms with E-state index in [0.29, 0.717) is 6.54 Å². The molecule has 0 heterocycles. The molecule has 0 aromatic heterocycles. The Balaban J connectivity index is -0.000000102. The number of hydrogen-bond donors (Lipinski definition) is 1. The molecule has 0 spiro atoms. The Morgan fingerprint density at radius 2 is 0.952 bits per heavy atom. The first-order valence-electron chi connectivity index (χ1n) is 13.4. The molecule has 0 unspecified atom stereocenters. The van der Waals surface area contributed by atoms with Crippen LogP contribution in [-0.2, 0) is 33.6 Å². The maximum absolute atomic E-state index is 9.85. The van der Waals surface area contributed by atoms with Crippen LogP contribution >= 0.6 is 0 Å². The summed E-state index contributed by atoms with van der Waals surface area (Å²) < 4.78 is 3.61. The standard InChI is InChI=1S/C12H23N.C10H19N.C4H6O4.C3H6O.C2H3BO2.Na/c1-11(2)7-6-8-12(3)9-10-13(4)5;1-9(2)5-4-6-10(3)7-8-11;1-3(5)7-8-4(2)6;1-3(2)4;1-2(4)5-3;/h7,9H,6,8,10H2,1-5H3;5,7H,4,6,8,11H2,1-3H3;1-2H3;1-2H3;1H3;/q;;;;-1;+1/b12-9+;10-7+;;;;. The quantitative estimate of drug-likeness (QED) is 0.183. The van der Waals surface area contributed by atoms with E-state index in [9.17, 15) is 19.2 Å². The predicted molar refractivity (Wildman–Crippen MR) is 170 cm³/mol. The molecule has 42 heavy (non-hydrogen) atoms. The number of ketones is 1. The average Bonchev–Trinajstić information content (AvgIpc) is 2.82. The molecule has 0 aliphatic rings. The van der Waals surface area contributed by atoms with Crippen molar-refractivity contribution in [2.45, 2.75) is 102 Å². The van der Waals surface area contributed by atoms with Gasteiger partial charge in [-0.2, -0.15) is 0 Å². The summed E-state index contributed by atoms with van der Waals surface area (Å²) in [5.41, 5.74) is 11.1. The molecule has 0 rings (SSSR count). The molecular formula is C31H57BN2NaO7. The van der Waals surface area contributed by atoms with Gasteiger partial charge in [-0.3, -0.25) is 4.79 Å². The molecule has 3 radical (unpaired) electrons. The minimum Gasteiger partial charge on any atom is -0.793 e. The molecule has 0 bridgehead atoms. The van der Waals surface area contributed by atoms with Crippen LogP contribution in [0.5, 0.6) is 0 Å². The van der Waals surface area contributed by atoms with Crippen LogP contribution in [0.3, 0.4) is 0 Å². The molecule has 0 amide bonds. The van der Waals surface area contributed by atoms with Crippen LogP contribution in [0.15, 0.2) is 46.6 Å². The molecule has 2 N–H and O–H groups in total. The first-order valence-corrected chi connectivity index (χ1v) is 13.4. The number of Topliss-reactive ketones (excluding diaryl/α,β-unsaturated/α-hetero) is 1. The fraction of sp³-hybridized carbons (Fsp3) is 0.613. The van der Waals surface area contributed by atoms with Crippen LogP contribution in [0.25, 0.3) is 0 Å². The summed E-state index contributed by atoms with van der Waals surface area (Å²) in [6.07, 6.45) is 13.6. The smallest absolute Gasteiger partial charge is 0.793 e. The topological polar surface area (TPSA) is 125 Å². The van der Waals surface area contributed by atoms with E-state index in [1.54, 1.807) is 0 Å². The molecular weight excluding hydrogens is 546 g/mol. The number of nitrogens with zero attached hydrogens (tertiary/aromatic N) is 1. The molecule has 0 aromatic carbocycles. The van der Waals surface area contributed by atoms with Gasteiger partial charge in [0.25, 0.3) is 0 Å². The van der Waals surface area contributed by atoms with E-state index >= 15 is 0 Å². The zero-order valence-electron chi connectivity index (χ0n) is 29.0. The molecule has 237 valence electrons. The number of carbonyl (C=O) groups is 4.